The molecule has 1 N–H and O–H groups in total. The molecule has 2 amide bonds. The van der Waals surface area contributed by atoms with Gasteiger partial charge in [-0.2, -0.15) is 0 Å². The first-order chi connectivity index (χ1) is 13.6. The Morgan fingerprint density at radius 1 is 1.18 bits per heavy atom. The van der Waals surface area contributed by atoms with Gasteiger partial charge in [-0.15, -0.1) is 0 Å². The summed E-state index contributed by atoms with van der Waals surface area (Å²) in [6, 6.07) is 13.0. The van der Waals surface area contributed by atoms with Crippen LogP contribution in [0.1, 0.15) is 15.9 Å². The number of ether oxygens (including phenoxy) is 2. The summed E-state index contributed by atoms with van der Waals surface area (Å²) in [5.74, 6) is 0.555. The van der Waals surface area contributed by atoms with Gasteiger partial charge in [-0.1, -0.05) is 23.9 Å². The van der Waals surface area contributed by atoms with E-state index < -0.39 is 0 Å². The SMILES string of the molecule is COc1ccc(C=C2Sc3ccc(C(=O)N4CCOCC4)cc3NC2=O)cc1. The van der Waals surface area contributed by atoms with Crippen molar-refractivity contribution in [3.63, 3.8) is 0 Å². The van der Waals surface area contributed by atoms with Gasteiger partial charge >= 0.3 is 0 Å². The molecular formula is C21H20N2O4S. The number of fused-ring (bicyclic) bond motifs is 1. The lowest BCUT2D eigenvalue weighted by atomic mass is 10.1. The minimum atomic E-state index is -0.177. The van der Waals surface area contributed by atoms with Crippen LogP contribution in [0.25, 0.3) is 6.08 Å². The molecule has 0 unspecified atom stereocenters. The summed E-state index contributed by atoms with van der Waals surface area (Å²) in [5.41, 5.74) is 2.16. The quantitative estimate of drug-likeness (QED) is 0.807. The van der Waals surface area contributed by atoms with Gasteiger partial charge in [-0.25, -0.2) is 0 Å². The molecule has 1 saturated heterocycles. The van der Waals surface area contributed by atoms with Gasteiger partial charge in [-0.3, -0.25) is 9.59 Å². The number of carbonyl (C=O) groups excluding carboxylic acids is 2. The van der Waals surface area contributed by atoms with Gasteiger partial charge < -0.3 is 19.7 Å². The maximum Gasteiger partial charge on any atom is 0.262 e. The van der Waals surface area contributed by atoms with Crippen molar-refractivity contribution in [2.75, 3.05) is 38.7 Å². The second kappa shape index (κ2) is 8.08. The van der Waals surface area contributed by atoms with Gasteiger partial charge in [0.15, 0.2) is 0 Å². The highest BCUT2D eigenvalue weighted by molar-refractivity contribution is 8.04. The molecular weight excluding hydrogens is 376 g/mol. The molecule has 2 aliphatic rings. The highest BCUT2D eigenvalue weighted by atomic mass is 32.2. The molecule has 0 bridgehead atoms. The number of anilines is 1. The molecule has 0 atom stereocenters. The molecule has 0 aromatic heterocycles. The number of morpholine rings is 1. The molecule has 0 radical (unpaired) electrons. The molecule has 144 valence electrons. The standard InChI is InChI=1S/C21H20N2O4S/c1-26-16-5-2-14(3-6-16)12-19-20(24)22-17-13-15(4-7-18(17)28-19)21(25)23-8-10-27-11-9-23/h2-7,12-13H,8-11H2,1H3,(H,22,24). The predicted molar refractivity (Wildman–Crippen MR) is 109 cm³/mol. The van der Waals surface area contributed by atoms with Gasteiger partial charge in [-0.05, 0) is 42.0 Å². The number of thioether (sulfide) groups is 1. The van der Waals surface area contributed by atoms with Crippen molar-refractivity contribution in [1.29, 1.82) is 0 Å². The van der Waals surface area contributed by atoms with E-state index in [9.17, 15) is 9.59 Å². The number of rotatable bonds is 3. The zero-order chi connectivity index (χ0) is 19.5. The van der Waals surface area contributed by atoms with Crippen molar-refractivity contribution in [2.24, 2.45) is 0 Å². The minimum Gasteiger partial charge on any atom is -0.497 e. The van der Waals surface area contributed by atoms with Crippen molar-refractivity contribution < 1.29 is 19.1 Å². The van der Waals surface area contributed by atoms with Crippen LogP contribution in [0.2, 0.25) is 0 Å². The number of methoxy groups -OCH3 is 1. The maximum atomic E-state index is 12.7. The van der Waals surface area contributed by atoms with Crippen LogP contribution in [0.3, 0.4) is 0 Å². The monoisotopic (exact) mass is 396 g/mol. The summed E-state index contributed by atoms with van der Waals surface area (Å²) in [6.07, 6.45) is 1.84. The van der Waals surface area contributed by atoms with Crippen LogP contribution >= 0.6 is 11.8 Å². The first-order valence-corrected chi connectivity index (χ1v) is 9.82. The van der Waals surface area contributed by atoms with Crippen molar-refractivity contribution in [1.82, 2.24) is 4.90 Å². The average molecular weight is 396 g/mol. The number of nitrogens with one attached hydrogen (secondary N) is 1. The lowest BCUT2D eigenvalue weighted by Gasteiger charge is -2.27. The summed E-state index contributed by atoms with van der Waals surface area (Å²) < 4.78 is 10.5. The van der Waals surface area contributed by atoms with Gasteiger partial charge in [0.1, 0.15) is 5.75 Å². The number of amides is 2. The molecule has 28 heavy (non-hydrogen) atoms. The number of hydrogen-bond donors (Lipinski definition) is 1. The largest absolute Gasteiger partial charge is 0.497 e. The first kappa shape index (κ1) is 18.6. The van der Waals surface area contributed by atoms with Gasteiger partial charge in [0, 0.05) is 23.5 Å². The maximum absolute atomic E-state index is 12.7. The highest BCUT2D eigenvalue weighted by Gasteiger charge is 2.24. The van der Waals surface area contributed by atoms with E-state index in [0.717, 1.165) is 16.2 Å². The van der Waals surface area contributed by atoms with Gasteiger partial charge in [0.2, 0.25) is 0 Å². The minimum absolute atomic E-state index is 0.0371. The van der Waals surface area contributed by atoms with Crippen molar-refractivity contribution in [3.8, 4) is 5.75 Å². The summed E-state index contributed by atoms with van der Waals surface area (Å²) >= 11 is 1.40. The fourth-order valence-corrected chi connectivity index (χ4v) is 4.03. The van der Waals surface area contributed by atoms with E-state index in [1.807, 2.05) is 42.5 Å². The van der Waals surface area contributed by atoms with Crippen molar-refractivity contribution >= 4 is 35.3 Å². The highest BCUT2D eigenvalue weighted by Crippen LogP contribution is 2.39. The average Bonchev–Trinajstić information content (AvgIpc) is 2.74. The Labute approximate surface area is 167 Å². The first-order valence-electron chi connectivity index (χ1n) is 9.00. The molecule has 6 nitrogen and oxygen atoms in total. The molecule has 2 aromatic carbocycles. The normalized spacial score (nSPS) is 17.8. The molecule has 0 spiro atoms. The van der Waals surface area contributed by atoms with Crippen LogP contribution in [0, 0.1) is 0 Å². The summed E-state index contributed by atoms with van der Waals surface area (Å²) in [4.78, 5) is 28.5. The van der Waals surface area contributed by atoms with Crippen LogP contribution in [-0.4, -0.2) is 50.1 Å². The Bertz CT molecular complexity index is 934. The zero-order valence-electron chi connectivity index (χ0n) is 15.4. The van der Waals surface area contributed by atoms with Crippen LogP contribution in [0.5, 0.6) is 5.75 Å². The molecule has 0 saturated carbocycles. The molecule has 4 rings (SSSR count). The van der Waals surface area contributed by atoms with Crippen molar-refractivity contribution in [3.05, 3.63) is 58.5 Å². The predicted octanol–water partition coefficient (Wildman–Crippen LogP) is 3.25. The van der Waals surface area contributed by atoms with E-state index in [2.05, 4.69) is 5.32 Å². The van der Waals surface area contributed by atoms with Crippen LogP contribution in [-0.2, 0) is 9.53 Å². The molecule has 0 aliphatic carbocycles. The summed E-state index contributed by atoms with van der Waals surface area (Å²) in [6.45, 7) is 2.29. The third kappa shape index (κ3) is 3.90. The fraction of sp³-hybridized carbons (Fsp3) is 0.238. The van der Waals surface area contributed by atoms with Gasteiger partial charge in [0.05, 0.1) is 30.9 Å². The topological polar surface area (TPSA) is 67.9 Å². The van der Waals surface area contributed by atoms with Gasteiger partial charge in [0.25, 0.3) is 11.8 Å². The second-order valence-electron chi connectivity index (χ2n) is 6.45. The second-order valence-corrected chi connectivity index (χ2v) is 7.54. The Morgan fingerprint density at radius 3 is 2.64 bits per heavy atom. The molecule has 2 aromatic rings. The van der Waals surface area contributed by atoms with E-state index in [4.69, 9.17) is 9.47 Å². The lowest BCUT2D eigenvalue weighted by molar-refractivity contribution is -0.112. The zero-order valence-corrected chi connectivity index (χ0v) is 16.3. The number of benzene rings is 2. The summed E-state index contributed by atoms with van der Waals surface area (Å²) in [5, 5.41) is 2.90. The summed E-state index contributed by atoms with van der Waals surface area (Å²) in [7, 11) is 1.62. The Hall–Kier alpha value is -2.77. The van der Waals surface area contributed by atoms with Crippen LogP contribution in [0.4, 0.5) is 5.69 Å². The van der Waals surface area contributed by atoms with E-state index in [0.29, 0.717) is 42.5 Å². The lowest BCUT2D eigenvalue weighted by Crippen LogP contribution is -2.40. The van der Waals surface area contributed by atoms with E-state index in [1.165, 1.54) is 11.8 Å². The molecule has 2 aliphatic heterocycles. The van der Waals surface area contributed by atoms with Crippen LogP contribution in [0.15, 0.2) is 52.3 Å². The fourth-order valence-electron chi connectivity index (χ4n) is 3.09. The smallest absolute Gasteiger partial charge is 0.262 e. The molecule has 7 heteroatoms. The number of carbonyl (C=O) groups is 2. The van der Waals surface area contributed by atoms with E-state index >= 15 is 0 Å². The van der Waals surface area contributed by atoms with Crippen molar-refractivity contribution in [2.45, 2.75) is 4.90 Å². The molecule has 1 fully saturated rings. The van der Waals surface area contributed by atoms with Crippen LogP contribution < -0.4 is 10.1 Å². The number of nitrogens with zero attached hydrogens (tertiary/aromatic N) is 1. The Balaban J connectivity index is 1.54. The Morgan fingerprint density at radius 2 is 1.93 bits per heavy atom. The van der Waals surface area contributed by atoms with E-state index in [-0.39, 0.29) is 11.8 Å². The third-order valence-electron chi connectivity index (χ3n) is 4.63. The Kier molecular flexibility index (Phi) is 5.36. The number of hydrogen-bond acceptors (Lipinski definition) is 5. The molecule has 2 heterocycles. The van der Waals surface area contributed by atoms with E-state index in [1.54, 1.807) is 18.1 Å². The third-order valence-corrected chi connectivity index (χ3v) is 5.73.